The number of carbonyl (C=O) groups excluding carboxylic acids is 1. The molecule has 0 saturated carbocycles. The Balaban J connectivity index is 2.42. The van der Waals surface area contributed by atoms with Gasteiger partial charge in [0.1, 0.15) is 5.69 Å². The molecule has 1 rings (SSSR count). The Bertz CT molecular complexity index is 371. The van der Waals surface area contributed by atoms with E-state index >= 15 is 0 Å². The summed E-state index contributed by atoms with van der Waals surface area (Å²) in [6, 6.07) is 0. The van der Waals surface area contributed by atoms with E-state index in [2.05, 4.69) is 43.0 Å². The molecule has 0 spiro atoms. The summed E-state index contributed by atoms with van der Waals surface area (Å²) >= 11 is 0. The molecule has 0 aliphatic heterocycles. The fourth-order valence-corrected chi connectivity index (χ4v) is 1.56. The van der Waals surface area contributed by atoms with E-state index in [0.717, 1.165) is 18.5 Å². The van der Waals surface area contributed by atoms with E-state index in [0.29, 0.717) is 24.1 Å². The predicted molar refractivity (Wildman–Crippen MR) is 72.5 cm³/mol. The normalized spacial score (nSPS) is 11.0. The second kappa shape index (κ2) is 7.09. The minimum absolute atomic E-state index is 0.137. The first-order valence-corrected chi connectivity index (χ1v) is 6.60. The maximum absolute atomic E-state index is 11.8. The number of aromatic nitrogens is 2. The molecule has 0 aliphatic rings. The molecule has 18 heavy (non-hydrogen) atoms. The predicted octanol–water partition coefficient (Wildman–Crippen LogP) is 2.77. The molecule has 4 nitrogen and oxygen atoms in total. The summed E-state index contributed by atoms with van der Waals surface area (Å²) in [4.78, 5) is 20.1. The first kappa shape index (κ1) is 14.6. The summed E-state index contributed by atoms with van der Waals surface area (Å²) in [6.45, 7) is 9.16. The van der Waals surface area contributed by atoms with E-state index in [9.17, 15) is 4.79 Å². The van der Waals surface area contributed by atoms with Gasteiger partial charge in [-0.2, -0.15) is 0 Å². The van der Waals surface area contributed by atoms with Crippen LogP contribution in [-0.2, 0) is 0 Å². The van der Waals surface area contributed by atoms with Crippen molar-refractivity contribution in [1.29, 1.82) is 0 Å². The Hall–Kier alpha value is -1.45. The van der Waals surface area contributed by atoms with Gasteiger partial charge in [-0.3, -0.25) is 9.78 Å². The molecule has 0 bridgehead atoms. The van der Waals surface area contributed by atoms with Crippen LogP contribution >= 0.6 is 0 Å². The highest BCUT2D eigenvalue weighted by atomic mass is 16.1. The molecular weight excluding hydrogens is 226 g/mol. The van der Waals surface area contributed by atoms with Gasteiger partial charge >= 0.3 is 0 Å². The van der Waals surface area contributed by atoms with Crippen LogP contribution < -0.4 is 5.32 Å². The molecule has 1 heterocycles. The van der Waals surface area contributed by atoms with Crippen LogP contribution in [-0.4, -0.2) is 22.4 Å². The van der Waals surface area contributed by atoms with Gasteiger partial charge in [0.05, 0.1) is 11.9 Å². The highest BCUT2D eigenvalue weighted by Crippen LogP contribution is 2.09. The highest BCUT2D eigenvalue weighted by Gasteiger charge is 2.08. The van der Waals surface area contributed by atoms with Gasteiger partial charge in [0, 0.05) is 12.7 Å². The van der Waals surface area contributed by atoms with Crippen molar-refractivity contribution in [1.82, 2.24) is 15.3 Å². The van der Waals surface area contributed by atoms with Gasteiger partial charge in [-0.25, -0.2) is 4.98 Å². The molecule has 0 fully saturated rings. The van der Waals surface area contributed by atoms with Crippen LogP contribution in [0.4, 0.5) is 0 Å². The molecule has 1 amide bonds. The first-order valence-electron chi connectivity index (χ1n) is 6.60. The van der Waals surface area contributed by atoms with Crippen molar-refractivity contribution in [2.75, 3.05) is 6.54 Å². The van der Waals surface area contributed by atoms with Crippen molar-refractivity contribution in [3.63, 3.8) is 0 Å². The second-order valence-corrected chi connectivity index (χ2v) is 5.27. The van der Waals surface area contributed by atoms with E-state index in [1.54, 1.807) is 12.4 Å². The van der Waals surface area contributed by atoms with E-state index in [1.807, 2.05) is 0 Å². The summed E-state index contributed by atoms with van der Waals surface area (Å²) in [5, 5.41) is 2.86. The molecule has 0 saturated heterocycles. The largest absolute Gasteiger partial charge is 0.351 e. The molecule has 4 heteroatoms. The molecule has 1 N–H and O–H groups in total. The van der Waals surface area contributed by atoms with Gasteiger partial charge in [-0.1, -0.05) is 27.7 Å². The average Bonchev–Trinajstić information content (AvgIpc) is 2.34. The van der Waals surface area contributed by atoms with Gasteiger partial charge in [-0.15, -0.1) is 0 Å². The summed E-state index contributed by atoms with van der Waals surface area (Å²) < 4.78 is 0. The van der Waals surface area contributed by atoms with Crippen molar-refractivity contribution in [3.05, 3.63) is 23.8 Å². The van der Waals surface area contributed by atoms with Crippen molar-refractivity contribution in [3.8, 4) is 0 Å². The van der Waals surface area contributed by atoms with Crippen molar-refractivity contribution in [2.24, 2.45) is 5.92 Å². The van der Waals surface area contributed by atoms with Crippen LogP contribution in [0.3, 0.4) is 0 Å². The van der Waals surface area contributed by atoms with Gasteiger partial charge in [0.2, 0.25) is 0 Å². The molecule has 1 aromatic heterocycles. The molecule has 0 unspecified atom stereocenters. The van der Waals surface area contributed by atoms with E-state index < -0.39 is 0 Å². The molecule has 0 aromatic carbocycles. The number of hydrogen-bond donors (Lipinski definition) is 1. The first-order chi connectivity index (χ1) is 8.50. The van der Waals surface area contributed by atoms with Crippen molar-refractivity contribution in [2.45, 2.75) is 46.5 Å². The smallest absolute Gasteiger partial charge is 0.271 e. The Kier molecular flexibility index (Phi) is 5.75. The van der Waals surface area contributed by atoms with E-state index in [4.69, 9.17) is 0 Å². The fourth-order valence-electron chi connectivity index (χ4n) is 1.56. The SMILES string of the molecule is CC(C)CCCNC(=O)c1cnc(C(C)C)cn1. The number of carbonyl (C=O) groups is 1. The summed E-state index contributed by atoms with van der Waals surface area (Å²) in [5.41, 5.74) is 1.30. The van der Waals surface area contributed by atoms with Crippen LogP contribution in [0.1, 0.15) is 62.6 Å². The lowest BCUT2D eigenvalue weighted by atomic mass is 10.1. The third kappa shape index (κ3) is 4.82. The monoisotopic (exact) mass is 249 g/mol. The number of nitrogens with one attached hydrogen (secondary N) is 1. The van der Waals surface area contributed by atoms with Gasteiger partial charge < -0.3 is 5.32 Å². The van der Waals surface area contributed by atoms with Crippen molar-refractivity contribution < 1.29 is 4.79 Å². The van der Waals surface area contributed by atoms with Gasteiger partial charge in [-0.05, 0) is 24.7 Å². The topological polar surface area (TPSA) is 54.9 Å². The zero-order valence-corrected chi connectivity index (χ0v) is 11.7. The lowest BCUT2D eigenvalue weighted by Crippen LogP contribution is -2.25. The summed E-state index contributed by atoms with van der Waals surface area (Å²) in [5.74, 6) is 0.870. The lowest BCUT2D eigenvalue weighted by Gasteiger charge is -2.07. The Morgan fingerprint density at radius 3 is 2.44 bits per heavy atom. The lowest BCUT2D eigenvalue weighted by molar-refractivity contribution is 0.0947. The third-order valence-corrected chi connectivity index (χ3v) is 2.74. The Morgan fingerprint density at radius 2 is 1.94 bits per heavy atom. The molecule has 1 aromatic rings. The van der Waals surface area contributed by atoms with Crippen LogP contribution in [0.15, 0.2) is 12.4 Å². The van der Waals surface area contributed by atoms with Crippen LogP contribution in [0.2, 0.25) is 0 Å². The standard InChI is InChI=1S/C14H23N3O/c1-10(2)6-5-7-15-14(18)13-9-16-12(8-17-13)11(3)4/h8-11H,5-7H2,1-4H3,(H,15,18). The average molecular weight is 249 g/mol. The maximum atomic E-state index is 11.8. The van der Waals surface area contributed by atoms with Gasteiger partial charge in [0.25, 0.3) is 5.91 Å². The highest BCUT2D eigenvalue weighted by molar-refractivity contribution is 5.91. The van der Waals surface area contributed by atoms with Crippen molar-refractivity contribution >= 4 is 5.91 Å². The number of rotatable bonds is 6. The van der Waals surface area contributed by atoms with E-state index in [1.165, 1.54) is 0 Å². The molecule has 0 atom stereocenters. The Labute approximate surface area is 109 Å². The minimum Gasteiger partial charge on any atom is -0.351 e. The quantitative estimate of drug-likeness (QED) is 0.789. The third-order valence-electron chi connectivity index (χ3n) is 2.74. The fraction of sp³-hybridized carbons (Fsp3) is 0.643. The zero-order chi connectivity index (χ0) is 13.5. The van der Waals surface area contributed by atoms with Crippen LogP contribution in [0.25, 0.3) is 0 Å². The van der Waals surface area contributed by atoms with E-state index in [-0.39, 0.29) is 5.91 Å². The minimum atomic E-state index is -0.137. The molecule has 100 valence electrons. The van der Waals surface area contributed by atoms with Crippen LogP contribution in [0.5, 0.6) is 0 Å². The number of nitrogens with zero attached hydrogens (tertiary/aromatic N) is 2. The Morgan fingerprint density at radius 1 is 1.22 bits per heavy atom. The number of hydrogen-bond acceptors (Lipinski definition) is 3. The molecule has 0 radical (unpaired) electrons. The van der Waals surface area contributed by atoms with Gasteiger partial charge in [0.15, 0.2) is 0 Å². The summed E-state index contributed by atoms with van der Waals surface area (Å²) in [6.07, 6.45) is 5.35. The van der Waals surface area contributed by atoms with Crippen LogP contribution in [0, 0.1) is 5.92 Å². The summed E-state index contributed by atoms with van der Waals surface area (Å²) in [7, 11) is 0. The number of amides is 1. The zero-order valence-electron chi connectivity index (χ0n) is 11.7. The second-order valence-electron chi connectivity index (χ2n) is 5.27. The molecule has 0 aliphatic carbocycles. The molecular formula is C14H23N3O. The maximum Gasteiger partial charge on any atom is 0.271 e.